The summed E-state index contributed by atoms with van der Waals surface area (Å²) in [7, 11) is 0. The van der Waals surface area contributed by atoms with Crippen molar-refractivity contribution < 1.29 is 37.4 Å². The van der Waals surface area contributed by atoms with Crippen LogP contribution in [0.25, 0.3) is 11.1 Å². The van der Waals surface area contributed by atoms with E-state index >= 15 is 4.39 Å². The first kappa shape index (κ1) is 34.0. The third kappa shape index (κ3) is 10.1. The van der Waals surface area contributed by atoms with Crippen molar-refractivity contribution >= 4 is 18.1 Å². The monoisotopic (exact) mass is 629 g/mol. The van der Waals surface area contributed by atoms with E-state index in [0.717, 1.165) is 18.4 Å². The van der Waals surface area contributed by atoms with Gasteiger partial charge in [-0.1, -0.05) is 24.3 Å². The number of halogens is 2. The first-order chi connectivity index (χ1) is 21.3. The van der Waals surface area contributed by atoms with Gasteiger partial charge in [-0.2, -0.15) is 0 Å². The lowest BCUT2D eigenvalue weighted by Crippen LogP contribution is -2.50. The highest BCUT2D eigenvalue weighted by atomic mass is 19.1. The van der Waals surface area contributed by atoms with Crippen molar-refractivity contribution in [1.29, 1.82) is 0 Å². The number of hydrogen-bond acceptors (Lipinski definition) is 6. The normalized spacial score (nSPS) is 18.1. The van der Waals surface area contributed by atoms with Crippen molar-refractivity contribution in [3.63, 3.8) is 0 Å². The molecule has 2 aromatic rings. The Hall–Kier alpha value is -3.89. The van der Waals surface area contributed by atoms with Gasteiger partial charge in [-0.15, -0.1) is 0 Å². The van der Waals surface area contributed by atoms with Gasteiger partial charge in [0, 0.05) is 26.1 Å². The third-order valence-corrected chi connectivity index (χ3v) is 7.77. The average molecular weight is 630 g/mol. The summed E-state index contributed by atoms with van der Waals surface area (Å²) in [5.74, 6) is -0.0527. The van der Waals surface area contributed by atoms with E-state index < -0.39 is 35.6 Å². The minimum absolute atomic E-state index is 0.0582. The number of nitrogens with one attached hydrogen (secondary N) is 1. The molecule has 2 fully saturated rings. The van der Waals surface area contributed by atoms with Crippen LogP contribution in [0.5, 0.6) is 5.75 Å². The largest absolute Gasteiger partial charge is 0.493 e. The van der Waals surface area contributed by atoms with Crippen LogP contribution in [0.3, 0.4) is 0 Å². The number of amides is 3. The molecule has 0 bridgehead atoms. The number of benzene rings is 2. The average Bonchev–Trinajstić information content (AvgIpc) is 3.41. The molecule has 3 amide bonds. The Bertz CT molecular complexity index is 1340. The van der Waals surface area contributed by atoms with E-state index in [1.165, 1.54) is 11.0 Å². The van der Waals surface area contributed by atoms with Crippen molar-refractivity contribution in [1.82, 2.24) is 15.1 Å². The van der Waals surface area contributed by atoms with Gasteiger partial charge in [-0.05, 0) is 94.7 Å². The number of alkyl carbamates (subject to hydrolysis) is 1. The molecular weight excluding hydrogens is 584 g/mol. The molecule has 9 nitrogen and oxygen atoms in total. The number of rotatable bonds is 9. The summed E-state index contributed by atoms with van der Waals surface area (Å²) in [5.41, 5.74) is 0.831. The molecular formula is C34H45F2N3O6. The molecule has 2 saturated heterocycles. The maximum Gasteiger partial charge on any atom is 0.410 e. The van der Waals surface area contributed by atoms with Gasteiger partial charge >= 0.3 is 12.2 Å². The Labute approximate surface area is 264 Å². The first-order valence-electron chi connectivity index (χ1n) is 15.7. The Morgan fingerprint density at radius 2 is 1.67 bits per heavy atom. The molecule has 2 aliphatic heterocycles. The number of ether oxygens (including phenoxy) is 3. The van der Waals surface area contributed by atoms with Gasteiger partial charge < -0.3 is 29.3 Å². The van der Waals surface area contributed by atoms with Crippen LogP contribution in [0.2, 0.25) is 0 Å². The summed E-state index contributed by atoms with van der Waals surface area (Å²) in [6, 6.07) is 11.0. The fraction of sp³-hybridized carbons (Fsp3) is 0.559. The van der Waals surface area contributed by atoms with Gasteiger partial charge in [0.25, 0.3) is 0 Å². The van der Waals surface area contributed by atoms with Crippen LogP contribution in [-0.2, 0) is 20.7 Å². The van der Waals surface area contributed by atoms with Gasteiger partial charge in [0.15, 0.2) is 0 Å². The Kier molecular flexibility index (Phi) is 11.3. The smallest absolute Gasteiger partial charge is 0.410 e. The van der Waals surface area contributed by atoms with Crippen LogP contribution in [0.4, 0.5) is 18.4 Å². The van der Waals surface area contributed by atoms with E-state index in [0.29, 0.717) is 36.9 Å². The zero-order valence-electron chi connectivity index (χ0n) is 26.8. The zero-order chi connectivity index (χ0) is 32.7. The van der Waals surface area contributed by atoms with Crippen molar-refractivity contribution in [3.05, 3.63) is 53.8 Å². The summed E-state index contributed by atoms with van der Waals surface area (Å²) in [6.45, 7) is 10.7. The van der Waals surface area contributed by atoms with Crippen molar-refractivity contribution in [2.45, 2.75) is 84.2 Å². The lowest BCUT2D eigenvalue weighted by atomic mass is 9.98. The maximum absolute atomic E-state index is 15.5. The number of piperidine rings is 1. The molecule has 1 N–H and O–H groups in total. The van der Waals surface area contributed by atoms with E-state index in [-0.39, 0.29) is 43.7 Å². The molecule has 246 valence electrons. The molecule has 0 saturated carbocycles. The van der Waals surface area contributed by atoms with Gasteiger partial charge in [0.1, 0.15) is 29.4 Å². The lowest BCUT2D eigenvalue weighted by molar-refractivity contribution is -0.132. The summed E-state index contributed by atoms with van der Waals surface area (Å²) in [5, 5.41) is 2.57. The van der Waals surface area contributed by atoms with Crippen LogP contribution < -0.4 is 10.1 Å². The number of hydrogen-bond donors (Lipinski definition) is 1. The molecule has 2 aromatic carbocycles. The zero-order valence-corrected chi connectivity index (χ0v) is 26.8. The highest BCUT2D eigenvalue weighted by molar-refractivity contribution is 5.86. The molecule has 2 heterocycles. The number of carbonyl (C=O) groups is 3. The van der Waals surface area contributed by atoms with Crippen molar-refractivity contribution in [2.75, 3.05) is 32.8 Å². The predicted molar refractivity (Wildman–Crippen MR) is 166 cm³/mol. The van der Waals surface area contributed by atoms with Crippen molar-refractivity contribution in [2.24, 2.45) is 5.92 Å². The minimum Gasteiger partial charge on any atom is -0.493 e. The highest BCUT2D eigenvalue weighted by Crippen LogP contribution is 2.28. The van der Waals surface area contributed by atoms with E-state index in [4.69, 9.17) is 14.2 Å². The minimum atomic E-state index is -1.12. The fourth-order valence-corrected chi connectivity index (χ4v) is 5.44. The van der Waals surface area contributed by atoms with E-state index in [1.807, 2.05) is 38.1 Å². The lowest BCUT2D eigenvalue weighted by Gasteiger charge is -2.31. The Morgan fingerprint density at radius 1 is 0.978 bits per heavy atom. The van der Waals surface area contributed by atoms with Crippen molar-refractivity contribution in [3.8, 4) is 16.9 Å². The molecule has 0 radical (unpaired) electrons. The number of carbonyl (C=O) groups excluding carboxylic acids is 3. The standard InChI is InChI=1S/C34H45F2N3O6/c1-22(2)44-33(42)38-14-11-23(12-15-38)21-43-28-8-6-7-24(17-28)25-9-10-26(29(36)18-25)19-30(37-32(41)45-34(3,4)5)31(40)39-16-13-27(35)20-39/h6-10,17-18,22-23,27,30H,11-16,19-21H2,1-5H3,(H,37,41)/t27-,30?/m0/s1. The van der Waals surface area contributed by atoms with Crippen LogP contribution in [0, 0.1) is 11.7 Å². The molecule has 2 aliphatic rings. The molecule has 0 aromatic heterocycles. The summed E-state index contributed by atoms with van der Waals surface area (Å²) in [6.07, 6.45) is -0.608. The Morgan fingerprint density at radius 3 is 2.29 bits per heavy atom. The topological polar surface area (TPSA) is 97.4 Å². The van der Waals surface area contributed by atoms with E-state index in [2.05, 4.69) is 5.32 Å². The van der Waals surface area contributed by atoms with Crippen LogP contribution in [0.15, 0.2) is 42.5 Å². The quantitative estimate of drug-likeness (QED) is 0.358. The number of alkyl halides is 1. The molecule has 2 atom stereocenters. The highest BCUT2D eigenvalue weighted by Gasteiger charge is 2.33. The van der Waals surface area contributed by atoms with Gasteiger partial charge in [0.05, 0.1) is 19.3 Å². The fourth-order valence-electron chi connectivity index (χ4n) is 5.44. The van der Waals surface area contributed by atoms with Gasteiger partial charge in [-0.25, -0.2) is 18.4 Å². The molecule has 11 heteroatoms. The second kappa shape index (κ2) is 14.9. The molecule has 4 rings (SSSR count). The summed E-state index contributed by atoms with van der Waals surface area (Å²) < 4.78 is 46.0. The first-order valence-corrected chi connectivity index (χ1v) is 15.7. The van der Waals surface area contributed by atoms with E-state index in [1.54, 1.807) is 37.8 Å². The summed E-state index contributed by atoms with van der Waals surface area (Å²) >= 11 is 0. The second-order valence-electron chi connectivity index (χ2n) is 13.1. The SMILES string of the molecule is CC(C)OC(=O)N1CCC(COc2cccc(-c3ccc(CC(NC(=O)OC(C)(C)C)C(=O)N4CC[C@H](F)C4)c(F)c3)c2)CC1. The van der Waals surface area contributed by atoms with E-state index in [9.17, 15) is 18.8 Å². The third-order valence-electron chi connectivity index (χ3n) is 7.77. The maximum atomic E-state index is 15.5. The van der Waals surface area contributed by atoms with Crippen LogP contribution >= 0.6 is 0 Å². The molecule has 45 heavy (non-hydrogen) atoms. The number of nitrogens with zero attached hydrogens (tertiary/aromatic N) is 2. The molecule has 0 spiro atoms. The van der Waals surface area contributed by atoms with Crippen LogP contribution in [0.1, 0.15) is 59.4 Å². The summed E-state index contributed by atoms with van der Waals surface area (Å²) in [4.78, 5) is 41.0. The van der Waals surface area contributed by atoms with Gasteiger partial charge in [0.2, 0.25) is 5.91 Å². The second-order valence-corrected chi connectivity index (χ2v) is 13.1. The number of likely N-dealkylation sites (tertiary alicyclic amines) is 2. The van der Waals surface area contributed by atoms with Crippen LogP contribution in [-0.4, -0.2) is 84.6 Å². The molecule has 0 aliphatic carbocycles. The Balaban J connectivity index is 1.39. The van der Waals surface area contributed by atoms with Gasteiger partial charge in [-0.3, -0.25) is 4.79 Å². The predicted octanol–water partition coefficient (Wildman–Crippen LogP) is 6.13. The molecule has 1 unspecified atom stereocenters.